The van der Waals surface area contributed by atoms with Crippen LogP contribution in [0, 0.1) is 3.57 Å². The highest BCUT2D eigenvalue weighted by atomic mass is 127. The average Bonchev–Trinajstić information content (AvgIpc) is 2.59. The maximum Gasteiger partial charge on any atom is 0.338 e. The Kier molecular flexibility index (Phi) is 5.97. The number of halogens is 1. The minimum atomic E-state index is -0.590. The van der Waals surface area contributed by atoms with E-state index in [0.29, 0.717) is 26.2 Å². The van der Waals surface area contributed by atoms with Crippen LogP contribution in [0.25, 0.3) is 0 Å². The summed E-state index contributed by atoms with van der Waals surface area (Å²) in [6.07, 6.45) is 0. The van der Waals surface area contributed by atoms with E-state index in [1.807, 2.05) is 28.7 Å². The van der Waals surface area contributed by atoms with Gasteiger partial charge in [-0.15, -0.1) is 0 Å². The number of ketones is 1. The van der Waals surface area contributed by atoms with Gasteiger partial charge in [0.2, 0.25) is 0 Å². The molecule has 0 amide bonds. The Balaban J connectivity index is 2.09. The number of carbonyl (C=O) groups excluding carboxylic acids is 2. The van der Waals surface area contributed by atoms with E-state index in [1.54, 1.807) is 30.3 Å². The van der Waals surface area contributed by atoms with Crippen LogP contribution in [-0.2, 0) is 4.74 Å². The van der Waals surface area contributed by atoms with Crippen LogP contribution in [0.4, 0.5) is 0 Å². The highest BCUT2D eigenvalue weighted by Crippen LogP contribution is 2.33. The molecule has 0 aliphatic heterocycles. The van der Waals surface area contributed by atoms with Crippen LogP contribution in [0.1, 0.15) is 20.7 Å². The summed E-state index contributed by atoms with van der Waals surface area (Å²) in [6, 6.07) is 11.8. The van der Waals surface area contributed by atoms with Crippen molar-refractivity contribution in [2.24, 2.45) is 0 Å². The topological polar surface area (TPSA) is 61.8 Å². The average molecular weight is 426 g/mol. The first kappa shape index (κ1) is 17.3. The Hall–Kier alpha value is -2.09. The molecule has 23 heavy (non-hydrogen) atoms. The Labute approximate surface area is 147 Å². The normalized spacial score (nSPS) is 10.0. The fourth-order valence-electron chi connectivity index (χ4n) is 1.96. The highest BCUT2D eigenvalue weighted by molar-refractivity contribution is 14.1. The van der Waals surface area contributed by atoms with Gasteiger partial charge in [-0.3, -0.25) is 4.79 Å². The van der Waals surface area contributed by atoms with Gasteiger partial charge in [-0.2, -0.15) is 0 Å². The van der Waals surface area contributed by atoms with Crippen molar-refractivity contribution in [3.05, 3.63) is 57.2 Å². The number of ether oxygens (including phenoxy) is 3. The molecule has 0 unspecified atom stereocenters. The van der Waals surface area contributed by atoms with Crippen molar-refractivity contribution in [3.8, 4) is 11.5 Å². The van der Waals surface area contributed by atoms with Gasteiger partial charge in [0.05, 0.1) is 23.4 Å². The summed E-state index contributed by atoms with van der Waals surface area (Å²) in [4.78, 5) is 24.1. The minimum Gasteiger partial charge on any atom is -0.493 e. The monoisotopic (exact) mass is 426 g/mol. The highest BCUT2D eigenvalue weighted by Gasteiger charge is 2.17. The third-order valence-corrected chi connectivity index (χ3v) is 3.90. The lowest BCUT2D eigenvalue weighted by atomic mass is 10.1. The van der Waals surface area contributed by atoms with E-state index in [0.717, 1.165) is 0 Å². The molecule has 2 aromatic carbocycles. The predicted molar refractivity (Wildman–Crippen MR) is 93.3 cm³/mol. The van der Waals surface area contributed by atoms with Crippen molar-refractivity contribution in [2.45, 2.75) is 0 Å². The van der Waals surface area contributed by atoms with Crippen LogP contribution in [0.5, 0.6) is 11.5 Å². The van der Waals surface area contributed by atoms with E-state index in [9.17, 15) is 9.59 Å². The van der Waals surface area contributed by atoms with Gasteiger partial charge in [-0.25, -0.2) is 4.79 Å². The molecular formula is C17H15IO5. The van der Waals surface area contributed by atoms with E-state index in [1.165, 1.54) is 20.3 Å². The number of methoxy groups -OCH3 is 2. The van der Waals surface area contributed by atoms with Crippen molar-refractivity contribution in [1.82, 2.24) is 0 Å². The van der Waals surface area contributed by atoms with E-state index >= 15 is 0 Å². The first-order valence-electron chi connectivity index (χ1n) is 6.73. The summed E-state index contributed by atoms with van der Waals surface area (Å²) in [5, 5.41) is 0. The number of hydrogen-bond donors (Lipinski definition) is 0. The third-order valence-electron chi connectivity index (χ3n) is 3.10. The quantitative estimate of drug-likeness (QED) is 0.403. The van der Waals surface area contributed by atoms with Gasteiger partial charge in [0.25, 0.3) is 0 Å². The number of hydrogen-bond acceptors (Lipinski definition) is 5. The summed E-state index contributed by atoms with van der Waals surface area (Å²) >= 11 is 2.04. The van der Waals surface area contributed by atoms with Gasteiger partial charge in [0, 0.05) is 5.56 Å². The maximum atomic E-state index is 12.1. The number of Topliss-reactive ketones (excluding diaryl/α,β-unsaturated/α-hetero) is 1. The molecule has 6 heteroatoms. The van der Waals surface area contributed by atoms with Crippen molar-refractivity contribution in [1.29, 1.82) is 0 Å². The predicted octanol–water partition coefficient (Wildman–Crippen LogP) is 3.35. The number of rotatable bonds is 6. The lowest BCUT2D eigenvalue weighted by Gasteiger charge is -2.11. The summed E-state index contributed by atoms with van der Waals surface area (Å²) in [5.41, 5.74) is 0.801. The fourth-order valence-corrected chi connectivity index (χ4v) is 2.78. The molecule has 0 radical (unpaired) electrons. The second kappa shape index (κ2) is 7.96. The molecule has 5 nitrogen and oxygen atoms in total. The van der Waals surface area contributed by atoms with Gasteiger partial charge in [0.1, 0.15) is 0 Å². The molecule has 0 aromatic heterocycles. The lowest BCUT2D eigenvalue weighted by Crippen LogP contribution is -2.14. The maximum absolute atomic E-state index is 12.1. The zero-order valence-corrected chi connectivity index (χ0v) is 14.8. The number of benzene rings is 2. The molecule has 0 N–H and O–H groups in total. The van der Waals surface area contributed by atoms with E-state index in [4.69, 9.17) is 14.2 Å². The molecule has 0 bridgehead atoms. The summed E-state index contributed by atoms with van der Waals surface area (Å²) in [6.45, 7) is -0.312. The Morgan fingerprint density at radius 3 is 2.30 bits per heavy atom. The summed E-state index contributed by atoms with van der Waals surface area (Å²) < 4.78 is 16.2. The van der Waals surface area contributed by atoms with Crippen LogP contribution in [0.15, 0.2) is 42.5 Å². The summed E-state index contributed by atoms with van der Waals surface area (Å²) in [5.74, 6) is 0.132. The van der Waals surface area contributed by atoms with Crippen molar-refractivity contribution >= 4 is 34.3 Å². The minimum absolute atomic E-state index is 0.255. The summed E-state index contributed by atoms with van der Waals surface area (Å²) in [7, 11) is 3.01. The zero-order valence-electron chi connectivity index (χ0n) is 12.7. The molecule has 120 valence electrons. The molecule has 2 aromatic rings. The molecule has 0 aliphatic rings. The van der Waals surface area contributed by atoms with Gasteiger partial charge in [-0.05, 0) is 34.7 Å². The molecule has 2 rings (SSSR count). The van der Waals surface area contributed by atoms with Crippen LogP contribution >= 0.6 is 22.6 Å². The van der Waals surface area contributed by atoms with Crippen molar-refractivity contribution in [3.63, 3.8) is 0 Å². The van der Waals surface area contributed by atoms with Crippen LogP contribution in [0.2, 0.25) is 0 Å². The lowest BCUT2D eigenvalue weighted by molar-refractivity contribution is 0.0474. The third kappa shape index (κ3) is 4.22. The first-order chi connectivity index (χ1) is 11.1. The first-order valence-corrected chi connectivity index (χ1v) is 7.81. The molecule has 0 heterocycles. The van der Waals surface area contributed by atoms with Crippen LogP contribution in [-0.4, -0.2) is 32.6 Å². The standard InChI is InChI=1S/C17H15IO5/c1-21-15-9-12(8-13(18)16(15)22-2)17(20)23-10-14(19)11-6-4-3-5-7-11/h3-9H,10H2,1-2H3. The van der Waals surface area contributed by atoms with E-state index in [-0.39, 0.29) is 12.4 Å². The van der Waals surface area contributed by atoms with Crippen LogP contribution in [0.3, 0.4) is 0 Å². The van der Waals surface area contributed by atoms with Gasteiger partial charge in [0.15, 0.2) is 23.9 Å². The Morgan fingerprint density at radius 1 is 1.00 bits per heavy atom. The SMILES string of the molecule is COc1cc(C(=O)OCC(=O)c2ccccc2)cc(I)c1OC. The van der Waals surface area contributed by atoms with Crippen molar-refractivity contribution in [2.75, 3.05) is 20.8 Å². The van der Waals surface area contributed by atoms with Crippen molar-refractivity contribution < 1.29 is 23.8 Å². The number of carbonyl (C=O) groups is 2. The molecule has 0 atom stereocenters. The zero-order chi connectivity index (χ0) is 16.8. The second-order valence-electron chi connectivity index (χ2n) is 4.56. The number of esters is 1. The van der Waals surface area contributed by atoms with E-state index in [2.05, 4.69) is 0 Å². The largest absolute Gasteiger partial charge is 0.493 e. The Bertz CT molecular complexity index is 712. The smallest absolute Gasteiger partial charge is 0.338 e. The molecule has 0 saturated carbocycles. The van der Waals surface area contributed by atoms with Gasteiger partial charge in [-0.1, -0.05) is 30.3 Å². The molecule has 0 aliphatic carbocycles. The molecule has 0 fully saturated rings. The second-order valence-corrected chi connectivity index (χ2v) is 5.72. The molecular weight excluding hydrogens is 411 g/mol. The molecule has 0 spiro atoms. The Morgan fingerprint density at radius 2 is 1.70 bits per heavy atom. The van der Waals surface area contributed by atoms with Crippen LogP contribution < -0.4 is 9.47 Å². The van der Waals surface area contributed by atoms with E-state index < -0.39 is 5.97 Å². The molecule has 0 saturated heterocycles. The van der Waals surface area contributed by atoms with Gasteiger partial charge >= 0.3 is 5.97 Å². The van der Waals surface area contributed by atoms with Gasteiger partial charge < -0.3 is 14.2 Å². The fraction of sp³-hybridized carbons (Fsp3) is 0.176.